The summed E-state index contributed by atoms with van der Waals surface area (Å²) in [5, 5.41) is 2.66. The van der Waals surface area contributed by atoms with Gasteiger partial charge in [0.05, 0.1) is 11.7 Å². The van der Waals surface area contributed by atoms with Crippen molar-refractivity contribution in [3.8, 4) is 0 Å². The smallest absolute Gasteiger partial charge is 0.338 e. The van der Waals surface area contributed by atoms with Gasteiger partial charge in [-0.15, -0.1) is 0 Å². The summed E-state index contributed by atoms with van der Waals surface area (Å²) in [6.45, 7) is 3.27. The molecule has 1 aromatic rings. The maximum absolute atomic E-state index is 12.0. The number of benzene rings is 1. The van der Waals surface area contributed by atoms with Crippen LogP contribution in [0.4, 0.5) is 5.69 Å². The first-order valence-corrected chi connectivity index (χ1v) is 9.67. The predicted molar refractivity (Wildman–Crippen MR) is 100 cm³/mol. The normalized spacial score (nSPS) is 23.3. The van der Waals surface area contributed by atoms with Crippen molar-refractivity contribution in [3.05, 3.63) is 29.8 Å². The van der Waals surface area contributed by atoms with E-state index in [2.05, 4.69) is 5.32 Å². The van der Waals surface area contributed by atoms with E-state index in [0.717, 1.165) is 12.3 Å². The molecule has 2 saturated carbocycles. The van der Waals surface area contributed by atoms with Crippen LogP contribution < -0.4 is 5.32 Å². The van der Waals surface area contributed by atoms with Gasteiger partial charge in [0.25, 0.3) is 5.91 Å². The van der Waals surface area contributed by atoms with Crippen molar-refractivity contribution >= 4 is 23.5 Å². The second kappa shape index (κ2) is 8.55. The number of hydrogen-bond donors (Lipinski definition) is 1. The highest BCUT2D eigenvalue weighted by molar-refractivity contribution is 5.94. The Labute approximate surface area is 159 Å². The molecule has 0 spiro atoms. The molecular weight excluding hydrogens is 346 g/mol. The van der Waals surface area contributed by atoms with Crippen LogP contribution in [0.3, 0.4) is 0 Å². The predicted octanol–water partition coefficient (Wildman–Crippen LogP) is 3.56. The number of rotatable bonds is 7. The number of nitrogens with one attached hydrogen (secondary N) is 1. The molecule has 1 N–H and O–H groups in total. The molecular formula is C21H27NO5. The first-order chi connectivity index (χ1) is 12.9. The number of hydrogen-bond acceptors (Lipinski definition) is 5. The fourth-order valence-corrected chi connectivity index (χ4v) is 4.21. The fourth-order valence-electron chi connectivity index (χ4n) is 4.21. The van der Waals surface area contributed by atoms with E-state index >= 15 is 0 Å². The molecule has 2 aliphatic carbocycles. The molecule has 0 aromatic heterocycles. The topological polar surface area (TPSA) is 81.7 Å². The third kappa shape index (κ3) is 5.31. The monoisotopic (exact) mass is 373 g/mol. The van der Waals surface area contributed by atoms with Crippen molar-refractivity contribution in [1.82, 2.24) is 0 Å². The van der Waals surface area contributed by atoms with E-state index in [1.807, 2.05) is 0 Å². The van der Waals surface area contributed by atoms with Gasteiger partial charge in [-0.3, -0.25) is 9.59 Å². The molecule has 2 aliphatic rings. The molecule has 1 aromatic carbocycles. The molecule has 0 saturated heterocycles. The molecule has 146 valence electrons. The first-order valence-electron chi connectivity index (χ1n) is 9.67. The number of anilines is 1. The molecule has 2 fully saturated rings. The van der Waals surface area contributed by atoms with Gasteiger partial charge in [-0.2, -0.15) is 0 Å². The average molecular weight is 373 g/mol. The van der Waals surface area contributed by atoms with Crippen molar-refractivity contribution in [2.24, 2.45) is 17.8 Å². The van der Waals surface area contributed by atoms with Gasteiger partial charge >= 0.3 is 11.9 Å². The molecule has 0 radical (unpaired) electrons. The van der Waals surface area contributed by atoms with Crippen LogP contribution >= 0.6 is 0 Å². The van der Waals surface area contributed by atoms with E-state index in [1.165, 1.54) is 19.3 Å². The zero-order chi connectivity index (χ0) is 19.4. The number of ether oxygens (including phenoxy) is 2. The lowest BCUT2D eigenvalue weighted by atomic mass is 9.86. The zero-order valence-electron chi connectivity index (χ0n) is 15.9. The van der Waals surface area contributed by atoms with Crippen LogP contribution in [0.15, 0.2) is 24.3 Å². The summed E-state index contributed by atoms with van der Waals surface area (Å²) >= 11 is 0. The Hall–Kier alpha value is -2.37. The second-order valence-corrected chi connectivity index (χ2v) is 7.88. The summed E-state index contributed by atoms with van der Waals surface area (Å²) in [5.41, 5.74) is 0.948. The molecule has 0 unspecified atom stereocenters. The lowest BCUT2D eigenvalue weighted by Crippen LogP contribution is -2.23. The molecule has 1 amide bonds. The number of amides is 1. The van der Waals surface area contributed by atoms with Crippen molar-refractivity contribution in [3.63, 3.8) is 0 Å². The van der Waals surface area contributed by atoms with Crippen LogP contribution in [0.5, 0.6) is 0 Å². The Morgan fingerprint density at radius 3 is 2.44 bits per heavy atom. The lowest BCUT2D eigenvalue weighted by Gasteiger charge is -2.20. The maximum atomic E-state index is 12.0. The SMILES string of the molecule is CC(C)OC(=O)c1ccc(NC(=O)COC(=O)C[C@H]2C[C@@H]3CC[C@@H]2C3)cc1. The Morgan fingerprint density at radius 1 is 1.11 bits per heavy atom. The highest BCUT2D eigenvalue weighted by Gasteiger charge is 2.40. The summed E-state index contributed by atoms with van der Waals surface area (Å²) in [7, 11) is 0. The van der Waals surface area contributed by atoms with E-state index in [4.69, 9.17) is 9.47 Å². The van der Waals surface area contributed by atoms with E-state index < -0.39 is 11.9 Å². The van der Waals surface area contributed by atoms with Crippen molar-refractivity contribution in [2.75, 3.05) is 11.9 Å². The first kappa shape index (κ1) is 19.4. The minimum atomic E-state index is -0.405. The third-order valence-corrected chi connectivity index (χ3v) is 5.42. The summed E-state index contributed by atoms with van der Waals surface area (Å²) in [6.07, 6.45) is 5.12. The van der Waals surface area contributed by atoms with Gasteiger partial charge in [0.2, 0.25) is 0 Å². The Bertz CT molecular complexity index is 697. The van der Waals surface area contributed by atoms with Gasteiger partial charge in [-0.25, -0.2) is 4.79 Å². The van der Waals surface area contributed by atoms with Crippen LogP contribution in [-0.4, -0.2) is 30.6 Å². The molecule has 27 heavy (non-hydrogen) atoms. The Morgan fingerprint density at radius 2 is 1.85 bits per heavy atom. The van der Waals surface area contributed by atoms with Crippen LogP contribution in [0.2, 0.25) is 0 Å². The Kier molecular flexibility index (Phi) is 6.14. The number of carbonyl (C=O) groups is 3. The van der Waals surface area contributed by atoms with Crippen LogP contribution in [0.1, 0.15) is 56.3 Å². The van der Waals surface area contributed by atoms with Crippen LogP contribution in [0, 0.1) is 17.8 Å². The van der Waals surface area contributed by atoms with Gasteiger partial charge in [-0.1, -0.05) is 6.42 Å². The summed E-state index contributed by atoms with van der Waals surface area (Å²) in [5.74, 6) is 0.785. The molecule has 0 heterocycles. The third-order valence-electron chi connectivity index (χ3n) is 5.42. The van der Waals surface area contributed by atoms with E-state index in [1.54, 1.807) is 38.1 Å². The summed E-state index contributed by atoms with van der Waals surface area (Å²) in [4.78, 5) is 35.7. The largest absolute Gasteiger partial charge is 0.459 e. The quantitative estimate of drug-likeness (QED) is 0.739. The lowest BCUT2D eigenvalue weighted by molar-refractivity contribution is -0.148. The fraction of sp³-hybridized carbons (Fsp3) is 0.571. The van der Waals surface area contributed by atoms with Crippen molar-refractivity contribution < 1.29 is 23.9 Å². The van der Waals surface area contributed by atoms with E-state index in [0.29, 0.717) is 29.5 Å². The molecule has 3 atom stereocenters. The second-order valence-electron chi connectivity index (χ2n) is 7.88. The van der Waals surface area contributed by atoms with E-state index in [9.17, 15) is 14.4 Å². The number of carbonyl (C=O) groups excluding carboxylic acids is 3. The number of esters is 2. The molecule has 6 heteroatoms. The highest BCUT2D eigenvalue weighted by atomic mass is 16.5. The summed E-state index contributed by atoms with van der Waals surface area (Å²) in [6, 6.07) is 6.40. The molecule has 2 bridgehead atoms. The summed E-state index contributed by atoms with van der Waals surface area (Å²) < 4.78 is 10.2. The van der Waals surface area contributed by atoms with Gasteiger partial charge in [0, 0.05) is 12.1 Å². The highest BCUT2D eigenvalue weighted by Crippen LogP contribution is 2.49. The minimum Gasteiger partial charge on any atom is -0.459 e. The van der Waals surface area contributed by atoms with Crippen molar-refractivity contribution in [2.45, 2.75) is 52.1 Å². The van der Waals surface area contributed by atoms with Crippen molar-refractivity contribution in [1.29, 1.82) is 0 Å². The number of fused-ring (bicyclic) bond motifs is 2. The molecule has 6 nitrogen and oxygen atoms in total. The molecule has 3 rings (SSSR count). The molecule has 0 aliphatic heterocycles. The van der Waals surface area contributed by atoms with Crippen LogP contribution in [0.25, 0.3) is 0 Å². The average Bonchev–Trinajstić information content (AvgIpc) is 3.23. The Balaban J connectivity index is 1.40. The van der Waals surface area contributed by atoms with Crippen LogP contribution in [-0.2, 0) is 19.1 Å². The zero-order valence-corrected chi connectivity index (χ0v) is 15.9. The maximum Gasteiger partial charge on any atom is 0.338 e. The van der Waals surface area contributed by atoms with Gasteiger partial charge < -0.3 is 14.8 Å². The standard InChI is InChI=1S/C21H27NO5/c1-13(2)27-21(25)15-5-7-18(8-6-15)22-19(23)12-26-20(24)11-17-10-14-3-4-16(17)9-14/h5-8,13-14,16-17H,3-4,9-12H2,1-2H3,(H,22,23)/t14-,16-,17-/m1/s1. The van der Waals surface area contributed by atoms with Gasteiger partial charge in [0.15, 0.2) is 6.61 Å². The minimum absolute atomic E-state index is 0.189. The van der Waals surface area contributed by atoms with E-state index in [-0.39, 0.29) is 18.7 Å². The van der Waals surface area contributed by atoms with Gasteiger partial charge in [-0.05, 0) is 75.1 Å². The van der Waals surface area contributed by atoms with Gasteiger partial charge in [0.1, 0.15) is 0 Å².